The van der Waals surface area contributed by atoms with E-state index in [0.29, 0.717) is 22.9 Å². The number of carbonyl (C=O) groups excluding carboxylic acids is 2. The number of fused-ring (bicyclic) bond motifs is 1. The first-order chi connectivity index (χ1) is 19.2. The SMILES string of the molecule is CO[C@@H](CN(CCOc1ccc2c(C3CC3)nn(C(=O)OC(C)(C)C)c2c1)C(=O)OC(C)(C)C)c1cccc(N)c1. The van der Waals surface area contributed by atoms with Crippen LogP contribution >= 0.6 is 0 Å². The molecule has 1 aromatic heterocycles. The van der Waals surface area contributed by atoms with Crippen molar-refractivity contribution in [2.75, 3.05) is 32.5 Å². The van der Waals surface area contributed by atoms with Crippen molar-refractivity contribution in [2.45, 2.75) is 77.6 Å². The maximum atomic E-state index is 13.1. The van der Waals surface area contributed by atoms with Gasteiger partial charge in [-0.25, -0.2) is 9.59 Å². The Morgan fingerprint density at radius 1 is 1.05 bits per heavy atom. The molecule has 0 bridgehead atoms. The highest BCUT2D eigenvalue weighted by Crippen LogP contribution is 2.43. The Hall–Kier alpha value is -3.79. The van der Waals surface area contributed by atoms with Crippen LogP contribution in [-0.4, -0.2) is 64.9 Å². The van der Waals surface area contributed by atoms with Gasteiger partial charge >= 0.3 is 12.2 Å². The molecule has 10 nitrogen and oxygen atoms in total. The van der Waals surface area contributed by atoms with E-state index in [4.69, 9.17) is 24.7 Å². The van der Waals surface area contributed by atoms with E-state index in [0.717, 1.165) is 29.5 Å². The Balaban J connectivity index is 1.52. The molecule has 1 heterocycles. The molecule has 0 aliphatic heterocycles. The predicted molar refractivity (Wildman–Crippen MR) is 157 cm³/mol. The maximum Gasteiger partial charge on any atom is 0.435 e. The number of benzene rings is 2. The molecule has 222 valence electrons. The van der Waals surface area contributed by atoms with Gasteiger partial charge in [0.05, 0.1) is 30.4 Å². The van der Waals surface area contributed by atoms with Gasteiger partial charge in [-0.05, 0) is 84.2 Å². The number of nitrogen functional groups attached to an aromatic ring is 1. The number of hydrogen-bond acceptors (Lipinski definition) is 8. The quantitative estimate of drug-likeness (QED) is 0.301. The third kappa shape index (κ3) is 8.13. The molecule has 1 atom stereocenters. The lowest BCUT2D eigenvalue weighted by atomic mass is 10.1. The van der Waals surface area contributed by atoms with Crippen LogP contribution in [0.3, 0.4) is 0 Å². The molecule has 2 aromatic carbocycles. The van der Waals surface area contributed by atoms with E-state index in [1.165, 1.54) is 4.68 Å². The zero-order valence-corrected chi connectivity index (χ0v) is 25.1. The monoisotopic (exact) mass is 566 g/mol. The molecule has 10 heteroatoms. The molecule has 1 aliphatic rings. The van der Waals surface area contributed by atoms with E-state index in [2.05, 4.69) is 5.10 Å². The second-order valence-electron chi connectivity index (χ2n) is 12.4. The van der Waals surface area contributed by atoms with Gasteiger partial charge in [-0.2, -0.15) is 9.78 Å². The standard InChI is InChI=1S/C31H42N4O6/c1-30(2,3)40-28(36)34(19-26(38-7)21-9-8-10-22(32)17-21)15-16-39-23-13-14-24-25(18-23)35(29(37)41-31(4,5)6)33-27(24)20-11-12-20/h8-10,13-14,17-18,20,26H,11-12,15-16,19,32H2,1-7H3/t26-/m0/s1. The van der Waals surface area contributed by atoms with Gasteiger partial charge in [0.2, 0.25) is 0 Å². The van der Waals surface area contributed by atoms with Gasteiger partial charge in [-0.1, -0.05) is 12.1 Å². The smallest absolute Gasteiger partial charge is 0.435 e. The van der Waals surface area contributed by atoms with Crippen LogP contribution in [0.2, 0.25) is 0 Å². The fourth-order valence-electron chi connectivity index (χ4n) is 4.44. The van der Waals surface area contributed by atoms with Gasteiger partial charge < -0.3 is 29.6 Å². The molecular formula is C31H42N4O6. The molecule has 0 radical (unpaired) electrons. The minimum Gasteiger partial charge on any atom is -0.492 e. The number of rotatable bonds is 9. The van der Waals surface area contributed by atoms with Gasteiger partial charge in [-0.15, -0.1) is 0 Å². The Morgan fingerprint density at radius 3 is 2.37 bits per heavy atom. The molecule has 4 rings (SSSR count). The molecule has 0 spiro atoms. The summed E-state index contributed by atoms with van der Waals surface area (Å²) in [5.41, 5.74) is 7.66. The van der Waals surface area contributed by atoms with E-state index in [1.54, 1.807) is 24.1 Å². The number of ether oxygens (including phenoxy) is 4. The summed E-state index contributed by atoms with van der Waals surface area (Å²) >= 11 is 0. The molecular weight excluding hydrogens is 524 g/mol. The minimum atomic E-state index is -0.666. The second kappa shape index (κ2) is 12.0. The van der Waals surface area contributed by atoms with E-state index in [1.807, 2.05) is 71.9 Å². The third-order valence-electron chi connectivity index (χ3n) is 6.45. The highest BCUT2D eigenvalue weighted by molar-refractivity contribution is 5.91. The minimum absolute atomic E-state index is 0.189. The molecule has 0 saturated heterocycles. The van der Waals surface area contributed by atoms with Crippen molar-refractivity contribution in [1.29, 1.82) is 0 Å². The van der Waals surface area contributed by atoms with Gasteiger partial charge in [0.15, 0.2) is 0 Å². The van der Waals surface area contributed by atoms with Gasteiger partial charge in [0.1, 0.15) is 23.6 Å². The highest BCUT2D eigenvalue weighted by atomic mass is 16.6. The summed E-state index contributed by atoms with van der Waals surface area (Å²) in [6.45, 7) is 11.6. The Bertz CT molecular complexity index is 1380. The largest absolute Gasteiger partial charge is 0.492 e. The number of anilines is 1. The van der Waals surface area contributed by atoms with Crippen molar-refractivity contribution >= 4 is 28.8 Å². The van der Waals surface area contributed by atoms with Crippen molar-refractivity contribution in [3.63, 3.8) is 0 Å². The summed E-state index contributed by atoms with van der Waals surface area (Å²) in [7, 11) is 1.59. The first-order valence-corrected chi connectivity index (χ1v) is 14.0. The van der Waals surface area contributed by atoms with E-state index >= 15 is 0 Å². The van der Waals surface area contributed by atoms with Crippen molar-refractivity contribution in [3.8, 4) is 5.75 Å². The number of amides is 1. The van der Waals surface area contributed by atoms with Crippen LogP contribution in [0.4, 0.5) is 15.3 Å². The van der Waals surface area contributed by atoms with Gasteiger partial charge in [-0.3, -0.25) is 0 Å². The van der Waals surface area contributed by atoms with Crippen molar-refractivity contribution in [3.05, 3.63) is 53.7 Å². The number of hydrogen-bond donors (Lipinski definition) is 1. The Kier molecular flexibility index (Phi) is 8.82. The lowest BCUT2D eigenvalue weighted by molar-refractivity contribution is 0.00509. The van der Waals surface area contributed by atoms with Crippen molar-refractivity contribution in [2.24, 2.45) is 0 Å². The summed E-state index contributed by atoms with van der Waals surface area (Å²) in [6.07, 6.45) is 0.690. The Labute approximate surface area is 241 Å². The Morgan fingerprint density at radius 2 is 1.76 bits per heavy atom. The average Bonchev–Trinajstić information content (AvgIpc) is 3.64. The van der Waals surface area contributed by atoms with Crippen LogP contribution < -0.4 is 10.5 Å². The second-order valence-corrected chi connectivity index (χ2v) is 12.4. The molecule has 1 amide bonds. The van der Waals surface area contributed by atoms with Crippen LogP contribution in [-0.2, 0) is 14.2 Å². The fourth-order valence-corrected chi connectivity index (χ4v) is 4.44. The number of carbonyl (C=O) groups is 2. The van der Waals surface area contributed by atoms with E-state index < -0.39 is 29.5 Å². The maximum absolute atomic E-state index is 13.1. The van der Waals surface area contributed by atoms with Gasteiger partial charge in [0, 0.05) is 30.2 Å². The number of nitrogens with two attached hydrogens (primary N) is 1. The first kappa shape index (κ1) is 30.2. The lowest BCUT2D eigenvalue weighted by Crippen LogP contribution is -2.41. The topological polar surface area (TPSA) is 118 Å². The summed E-state index contributed by atoms with van der Waals surface area (Å²) in [4.78, 5) is 27.7. The number of aromatic nitrogens is 2. The van der Waals surface area contributed by atoms with E-state index in [9.17, 15) is 9.59 Å². The summed E-state index contributed by atoms with van der Waals surface area (Å²) < 4.78 is 24.4. The molecule has 41 heavy (non-hydrogen) atoms. The predicted octanol–water partition coefficient (Wildman–Crippen LogP) is 6.28. The number of methoxy groups -OCH3 is 1. The van der Waals surface area contributed by atoms with Crippen LogP contribution in [0.25, 0.3) is 10.9 Å². The van der Waals surface area contributed by atoms with Crippen molar-refractivity contribution < 1.29 is 28.5 Å². The highest BCUT2D eigenvalue weighted by Gasteiger charge is 2.31. The molecule has 2 N–H and O–H groups in total. The van der Waals surface area contributed by atoms with Crippen LogP contribution in [0.1, 0.15) is 77.7 Å². The van der Waals surface area contributed by atoms with Crippen LogP contribution in [0, 0.1) is 0 Å². The summed E-state index contributed by atoms with van der Waals surface area (Å²) in [6, 6.07) is 13.0. The van der Waals surface area contributed by atoms with Gasteiger partial charge in [0.25, 0.3) is 0 Å². The summed E-state index contributed by atoms with van der Waals surface area (Å²) in [5, 5.41) is 5.52. The summed E-state index contributed by atoms with van der Waals surface area (Å²) in [5.74, 6) is 0.900. The molecule has 1 saturated carbocycles. The normalized spacial score (nSPS) is 14.5. The third-order valence-corrected chi connectivity index (χ3v) is 6.45. The van der Waals surface area contributed by atoms with Crippen LogP contribution in [0.5, 0.6) is 5.75 Å². The lowest BCUT2D eigenvalue weighted by Gasteiger charge is -2.30. The van der Waals surface area contributed by atoms with Crippen LogP contribution in [0.15, 0.2) is 42.5 Å². The molecule has 1 aliphatic carbocycles. The fraction of sp³-hybridized carbons (Fsp3) is 0.516. The first-order valence-electron chi connectivity index (χ1n) is 14.0. The zero-order chi connectivity index (χ0) is 29.9. The van der Waals surface area contributed by atoms with Crippen molar-refractivity contribution in [1.82, 2.24) is 14.7 Å². The zero-order valence-electron chi connectivity index (χ0n) is 25.1. The molecule has 1 fully saturated rings. The number of nitrogens with zero attached hydrogens (tertiary/aromatic N) is 3. The molecule has 3 aromatic rings. The molecule has 0 unspecified atom stereocenters. The van der Waals surface area contributed by atoms with E-state index in [-0.39, 0.29) is 19.7 Å². The average molecular weight is 567 g/mol.